The minimum atomic E-state index is -0.257. The maximum absolute atomic E-state index is 12.5. The average Bonchev–Trinajstić information content (AvgIpc) is 2.72. The van der Waals surface area contributed by atoms with Crippen LogP contribution >= 0.6 is 15.9 Å². The maximum Gasteiger partial charge on any atom is 0.184 e. The van der Waals surface area contributed by atoms with Gasteiger partial charge in [0.25, 0.3) is 0 Å². The van der Waals surface area contributed by atoms with Crippen LogP contribution in [0.2, 0.25) is 0 Å². The maximum atomic E-state index is 12.5. The Bertz CT molecular complexity index is 449. The zero-order valence-electron chi connectivity index (χ0n) is 11.3. The van der Waals surface area contributed by atoms with Crippen LogP contribution in [-0.2, 0) is 16.0 Å². The van der Waals surface area contributed by atoms with Gasteiger partial charge in [0.1, 0.15) is 5.69 Å². The molecule has 0 unspecified atom stereocenters. The van der Waals surface area contributed by atoms with Crippen molar-refractivity contribution in [3.05, 3.63) is 16.4 Å². The van der Waals surface area contributed by atoms with Gasteiger partial charge < -0.3 is 9.47 Å². The van der Waals surface area contributed by atoms with Crippen LogP contribution in [0.4, 0.5) is 0 Å². The quantitative estimate of drug-likeness (QED) is 0.720. The number of nitrogens with zero attached hydrogens (tertiary/aromatic N) is 2. The van der Waals surface area contributed by atoms with Gasteiger partial charge in [0.2, 0.25) is 0 Å². The number of halogens is 1. The number of hydrogen-bond acceptors (Lipinski definition) is 4. The van der Waals surface area contributed by atoms with E-state index in [1.54, 1.807) is 25.1 Å². The summed E-state index contributed by atoms with van der Waals surface area (Å²) in [6.07, 6.45) is 5.12. The summed E-state index contributed by atoms with van der Waals surface area (Å²) in [5, 5.41) is 4.20. The first-order valence-electron chi connectivity index (χ1n) is 6.40. The molecule has 1 saturated carbocycles. The van der Waals surface area contributed by atoms with Gasteiger partial charge in [-0.15, -0.1) is 0 Å². The van der Waals surface area contributed by atoms with Crippen LogP contribution in [0.25, 0.3) is 0 Å². The van der Waals surface area contributed by atoms with Gasteiger partial charge in [-0.1, -0.05) is 0 Å². The van der Waals surface area contributed by atoms with Crippen molar-refractivity contribution in [2.75, 3.05) is 20.8 Å². The largest absolute Gasteiger partial charge is 0.383 e. The van der Waals surface area contributed by atoms with Crippen LogP contribution in [0.3, 0.4) is 0 Å². The Morgan fingerprint density at radius 1 is 1.53 bits per heavy atom. The standard InChI is InChI=1S/C13H19BrN2O3/c1-18-7-6-16-12(10(14)9-15-16)11(17)8-13(19-2)4-3-5-13/h9H,3-8H2,1-2H3. The topological polar surface area (TPSA) is 53.4 Å². The summed E-state index contributed by atoms with van der Waals surface area (Å²) in [4.78, 5) is 12.5. The monoisotopic (exact) mass is 330 g/mol. The summed E-state index contributed by atoms with van der Waals surface area (Å²) >= 11 is 3.39. The molecule has 0 aromatic carbocycles. The Balaban J connectivity index is 2.11. The number of carbonyl (C=O) groups excluding carboxylic acids is 1. The zero-order valence-corrected chi connectivity index (χ0v) is 12.9. The van der Waals surface area contributed by atoms with E-state index in [9.17, 15) is 4.79 Å². The Kier molecular flexibility index (Phi) is 4.76. The molecule has 106 valence electrons. The normalized spacial score (nSPS) is 17.2. The Morgan fingerprint density at radius 2 is 2.26 bits per heavy atom. The van der Waals surface area contributed by atoms with Crippen LogP contribution in [0.1, 0.15) is 36.2 Å². The predicted molar refractivity (Wildman–Crippen MR) is 74.3 cm³/mol. The molecule has 1 heterocycles. The van der Waals surface area contributed by atoms with Crippen molar-refractivity contribution in [3.8, 4) is 0 Å². The van der Waals surface area contributed by atoms with Gasteiger partial charge in [0.15, 0.2) is 5.78 Å². The van der Waals surface area contributed by atoms with E-state index in [4.69, 9.17) is 9.47 Å². The summed E-state index contributed by atoms with van der Waals surface area (Å²) < 4.78 is 13.0. The van der Waals surface area contributed by atoms with Gasteiger partial charge in [-0.05, 0) is 35.2 Å². The molecule has 5 nitrogen and oxygen atoms in total. The predicted octanol–water partition coefficient (Wildman–Crippen LogP) is 2.43. The van der Waals surface area contributed by atoms with Crippen molar-refractivity contribution in [1.29, 1.82) is 0 Å². The molecular weight excluding hydrogens is 312 g/mol. The van der Waals surface area contributed by atoms with E-state index < -0.39 is 0 Å². The van der Waals surface area contributed by atoms with Crippen molar-refractivity contribution in [1.82, 2.24) is 9.78 Å². The highest BCUT2D eigenvalue weighted by molar-refractivity contribution is 9.10. The van der Waals surface area contributed by atoms with E-state index in [2.05, 4.69) is 21.0 Å². The average molecular weight is 331 g/mol. The van der Waals surface area contributed by atoms with Gasteiger partial charge in [-0.3, -0.25) is 9.48 Å². The molecule has 0 aliphatic heterocycles. The SMILES string of the molecule is COCCn1ncc(Br)c1C(=O)CC1(OC)CCC1. The highest BCUT2D eigenvalue weighted by Crippen LogP contribution is 2.39. The molecule has 0 saturated heterocycles. The van der Waals surface area contributed by atoms with E-state index in [1.807, 2.05) is 0 Å². The van der Waals surface area contributed by atoms with Gasteiger partial charge in [0.05, 0.1) is 29.4 Å². The smallest absolute Gasteiger partial charge is 0.184 e. The third-order valence-electron chi connectivity index (χ3n) is 3.75. The fraction of sp³-hybridized carbons (Fsp3) is 0.692. The molecule has 0 radical (unpaired) electrons. The minimum Gasteiger partial charge on any atom is -0.383 e. The van der Waals surface area contributed by atoms with Gasteiger partial charge in [-0.25, -0.2) is 0 Å². The Hall–Kier alpha value is -0.720. The van der Waals surface area contributed by atoms with Crippen molar-refractivity contribution >= 4 is 21.7 Å². The van der Waals surface area contributed by atoms with E-state index in [1.165, 1.54) is 0 Å². The molecule has 19 heavy (non-hydrogen) atoms. The molecule has 1 fully saturated rings. The zero-order chi connectivity index (χ0) is 13.9. The summed E-state index contributed by atoms with van der Waals surface area (Å²) in [7, 11) is 3.32. The molecule has 0 N–H and O–H groups in total. The van der Waals surface area contributed by atoms with Crippen molar-refractivity contribution in [2.24, 2.45) is 0 Å². The summed E-state index contributed by atoms with van der Waals surface area (Å²) in [5.74, 6) is 0.0713. The van der Waals surface area contributed by atoms with Crippen molar-refractivity contribution in [2.45, 2.75) is 37.8 Å². The lowest BCUT2D eigenvalue weighted by Crippen LogP contribution is -2.41. The number of ether oxygens (including phenoxy) is 2. The van der Waals surface area contributed by atoms with E-state index in [-0.39, 0.29) is 11.4 Å². The molecule has 1 aliphatic rings. The molecule has 1 aliphatic carbocycles. The summed E-state index contributed by atoms with van der Waals surface area (Å²) in [6.45, 7) is 1.10. The number of aromatic nitrogens is 2. The molecule has 0 spiro atoms. The van der Waals surface area contributed by atoms with Crippen LogP contribution < -0.4 is 0 Å². The molecule has 0 atom stereocenters. The molecule has 0 bridgehead atoms. The van der Waals surface area contributed by atoms with Crippen LogP contribution in [0.5, 0.6) is 0 Å². The second-order valence-corrected chi connectivity index (χ2v) is 5.75. The molecular formula is C13H19BrN2O3. The highest BCUT2D eigenvalue weighted by atomic mass is 79.9. The van der Waals surface area contributed by atoms with Crippen molar-refractivity contribution < 1.29 is 14.3 Å². The first kappa shape index (κ1) is 14.7. The number of ketones is 1. The minimum absolute atomic E-state index is 0.0713. The first-order valence-corrected chi connectivity index (χ1v) is 7.20. The van der Waals surface area contributed by atoms with Crippen LogP contribution in [0.15, 0.2) is 10.7 Å². The van der Waals surface area contributed by atoms with Crippen LogP contribution in [0, 0.1) is 0 Å². The lowest BCUT2D eigenvalue weighted by atomic mass is 9.76. The lowest BCUT2D eigenvalue weighted by Gasteiger charge is -2.40. The Morgan fingerprint density at radius 3 is 2.79 bits per heavy atom. The molecule has 6 heteroatoms. The number of Topliss-reactive ketones (excluding diaryl/α,β-unsaturated/α-hetero) is 1. The van der Waals surface area contributed by atoms with E-state index >= 15 is 0 Å². The highest BCUT2D eigenvalue weighted by Gasteiger charge is 2.40. The van der Waals surface area contributed by atoms with Crippen LogP contribution in [-0.4, -0.2) is 42.0 Å². The van der Waals surface area contributed by atoms with Gasteiger partial charge in [0, 0.05) is 20.6 Å². The molecule has 2 rings (SSSR count). The van der Waals surface area contributed by atoms with Crippen molar-refractivity contribution in [3.63, 3.8) is 0 Å². The first-order chi connectivity index (χ1) is 9.12. The van der Waals surface area contributed by atoms with E-state index in [0.717, 1.165) is 23.7 Å². The van der Waals surface area contributed by atoms with E-state index in [0.29, 0.717) is 25.3 Å². The molecule has 1 aromatic heterocycles. The third kappa shape index (κ3) is 3.07. The second kappa shape index (κ2) is 6.15. The summed E-state index contributed by atoms with van der Waals surface area (Å²) in [5.41, 5.74) is 0.354. The third-order valence-corrected chi connectivity index (χ3v) is 4.33. The Labute approximate surface area is 121 Å². The van der Waals surface area contributed by atoms with Gasteiger partial charge >= 0.3 is 0 Å². The van der Waals surface area contributed by atoms with Gasteiger partial charge in [-0.2, -0.15) is 5.10 Å². The molecule has 0 amide bonds. The fourth-order valence-corrected chi connectivity index (χ4v) is 2.90. The number of hydrogen-bond donors (Lipinski definition) is 0. The fourth-order valence-electron chi connectivity index (χ4n) is 2.39. The number of methoxy groups -OCH3 is 2. The number of rotatable bonds is 7. The lowest BCUT2D eigenvalue weighted by molar-refractivity contribution is -0.0706. The summed E-state index contributed by atoms with van der Waals surface area (Å²) in [6, 6.07) is 0. The second-order valence-electron chi connectivity index (χ2n) is 4.90. The number of carbonyl (C=O) groups is 1. The molecule has 1 aromatic rings.